The Hall–Kier alpha value is -2.34. The number of para-hydroxylation sites is 1. The van der Waals surface area contributed by atoms with Crippen molar-refractivity contribution in [2.45, 2.75) is 39.2 Å². The first-order valence-electron chi connectivity index (χ1n) is 10.6. The summed E-state index contributed by atoms with van der Waals surface area (Å²) in [6.07, 6.45) is 2.92. The number of carbonyl (C=O) groups excluding carboxylic acids is 2. The van der Waals surface area contributed by atoms with Crippen molar-refractivity contribution < 1.29 is 19.1 Å². The van der Waals surface area contributed by atoms with Gasteiger partial charge in [0.15, 0.2) is 0 Å². The molecule has 2 amide bonds. The number of likely N-dealkylation sites (tertiary alicyclic amines) is 1. The van der Waals surface area contributed by atoms with Crippen molar-refractivity contribution in [1.29, 1.82) is 0 Å². The van der Waals surface area contributed by atoms with Gasteiger partial charge in [-0.25, -0.2) is 0 Å². The van der Waals surface area contributed by atoms with E-state index in [1.54, 1.807) is 7.11 Å². The van der Waals surface area contributed by atoms with Gasteiger partial charge in [0.05, 0.1) is 25.3 Å². The molecule has 0 aromatic heterocycles. The lowest BCUT2D eigenvalue weighted by atomic mass is 9.91. The average molecular weight is 399 g/mol. The molecule has 6 nitrogen and oxygen atoms in total. The molecule has 6 heteroatoms. The molecule has 3 unspecified atom stereocenters. The average Bonchev–Trinajstić information content (AvgIpc) is 3.29. The molecule has 0 aliphatic carbocycles. The normalized spacial score (nSPS) is 27.9. The van der Waals surface area contributed by atoms with Crippen LogP contribution in [0.3, 0.4) is 0 Å². The molecule has 3 aliphatic heterocycles. The lowest BCUT2D eigenvalue weighted by Crippen LogP contribution is -2.43. The summed E-state index contributed by atoms with van der Waals surface area (Å²) in [7, 11) is 1.59. The number of amides is 2. The Labute approximate surface area is 172 Å². The molecule has 156 valence electrons. The molecule has 0 N–H and O–H groups in total. The molecule has 0 radical (unpaired) electrons. The largest absolute Gasteiger partial charge is 0.496 e. The van der Waals surface area contributed by atoms with Crippen LogP contribution < -0.4 is 4.74 Å². The number of hydrogen-bond donors (Lipinski definition) is 0. The zero-order valence-electron chi connectivity index (χ0n) is 17.5. The molecule has 4 rings (SSSR count). The summed E-state index contributed by atoms with van der Waals surface area (Å²) in [5, 5.41) is 0. The second kappa shape index (κ2) is 8.19. The highest BCUT2D eigenvalue weighted by Gasteiger charge is 2.44. The van der Waals surface area contributed by atoms with Crippen molar-refractivity contribution in [3.05, 3.63) is 35.5 Å². The minimum atomic E-state index is -0.240. The lowest BCUT2D eigenvalue weighted by molar-refractivity contribution is -0.139. The van der Waals surface area contributed by atoms with Gasteiger partial charge in [-0.15, -0.1) is 0 Å². The first kappa shape index (κ1) is 20.0. The van der Waals surface area contributed by atoms with Crippen LogP contribution in [0.5, 0.6) is 5.75 Å². The first-order chi connectivity index (χ1) is 14.0. The Morgan fingerprint density at radius 3 is 2.48 bits per heavy atom. The number of imide groups is 1. The molecule has 3 heterocycles. The quantitative estimate of drug-likeness (QED) is 0.714. The molecular formula is C23H30N2O4. The number of ether oxygens (including phenoxy) is 2. The highest BCUT2D eigenvalue weighted by molar-refractivity contribution is 6.36. The van der Waals surface area contributed by atoms with Gasteiger partial charge in [0.1, 0.15) is 11.4 Å². The molecule has 0 saturated carbocycles. The fourth-order valence-electron chi connectivity index (χ4n) is 4.95. The molecule has 29 heavy (non-hydrogen) atoms. The third-order valence-corrected chi connectivity index (χ3v) is 6.12. The highest BCUT2D eigenvalue weighted by Crippen LogP contribution is 2.38. The van der Waals surface area contributed by atoms with Crippen molar-refractivity contribution in [3.8, 4) is 5.75 Å². The van der Waals surface area contributed by atoms with E-state index in [4.69, 9.17) is 9.47 Å². The van der Waals surface area contributed by atoms with Gasteiger partial charge < -0.3 is 14.4 Å². The van der Waals surface area contributed by atoms with E-state index in [2.05, 4.69) is 18.7 Å². The van der Waals surface area contributed by atoms with E-state index in [1.165, 1.54) is 4.90 Å². The summed E-state index contributed by atoms with van der Waals surface area (Å²) in [5.74, 6) is 1.11. The smallest absolute Gasteiger partial charge is 0.277 e. The number of nitrogens with zero attached hydrogens (tertiary/aromatic N) is 2. The topological polar surface area (TPSA) is 59.1 Å². The van der Waals surface area contributed by atoms with E-state index in [1.807, 2.05) is 24.3 Å². The number of rotatable bonds is 5. The maximum atomic E-state index is 13.5. The Bertz CT molecular complexity index is 818. The standard InChI is InChI=1S/C23H30N2O4/c1-15-11-16(2)13-24(12-15)21-20(18-8-4-5-9-19(18)28-3)22(26)25(23(21)27)14-17-7-6-10-29-17/h4-5,8-9,15-17H,6-7,10-14H2,1-3H3. The van der Waals surface area contributed by atoms with E-state index in [9.17, 15) is 9.59 Å². The SMILES string of the molecule is COc1ccccc1C1=C(N2CC(C)CC(C)C2)C(=O)N(CC2CCCO2)C1=O. The van der Waals surface area contributed by atoms with Crippen LogP contribution in [0.2, 0.25) is 0 Å². The van der Waals surface area contributed by atoms with Crippen LogP contribution in [-0.4, -0.2) is 61.1 Å². The zero-order valence-corrected chi connectivity index (χ0v) is 17.5. The van der Waals surface area contributed by atoms with Crippen molar-refractivity contribution in [2.24, 2.45) is 11.8 Å². The monoisotopic (exact) mass is 398 g/mol. The van der Waals surface area contributed by atoms with Gasteiger partial charge in [-0.1, -0.05) is 32.0 Å². The number of piperidine rings is 1. The minimum absolute atomic E-state index is 0.0691. The van der Waals surface area contributed by atoms with Crippen molar-refractivity contribution >= 4 is 17.4 Å². The second-order valence-corrected chi connectivity index (χ2v) is 8.63. The second-order valence-electron chi connectivity index (χ2n) is 8.63. The fourth-order valence-corrected chi connectivity index (χ4v) is 4.95. The zero-order chi connectivity index (χ0) is 20.5. The van der Waals surface area contributed by atoms with Crippen LogP contribution in [0.4, 0.5) is 0 Å². The van der Waals surface area contributed by atoms with Crippen LogP contribution in [0.15, 0.2) is 30.0 Å². The molecular weight excluding hydrogens is 368 g/mol. The van der Waals surface area contributed by atoms with Crippen molar-refractivity contribution in [2.75, 3.05) is 33.4 Å². The maximum Gasteiger partial charge on any atom is 0.277 e. The van der Waals surface area contributed by atoms with Gasteiger partial charge in [-0.3, -0.25) is 14.5 Å². The van der Waals surface area contributed by atoms with Gasteiger partial charge in [0.25, 0.3) is 11.8 Å². The summed E-state index contributed by atoms with van der Waals surface area (Å²) in [5.41, 5.74) is 1.67. The molecule has 1 aromatic carbocycles. The number of benzene rings is 1. The predicted octanol–water partition coefficient (Wildman–Crippen LogP) is 2.93. The Kier molecular flexibility index (Phi) is 5.63. The van der Waals surface area contributed by atoms with E-state index >= 15 is 0 Å². The van der Waals surface area contributed by atoms with Crippen LogP contribution in [0, 0.1) is 11.8 Å². The summed E-state index contributed by atoms with van der Waals surface area (Å²) in [6.45, 7) is 6.99. The number of methoxy groups -OCH3 is 1. The van der Waals surface area contributed by atoms with E-state index in [0.29, 0.717) is 47.6 Å². The summed E-state index contributed by atoms with van der Waals surface area (Å²) in [4.78, 5) is 30.5. The van der Waals surface area contributed by atoms with Gasteiger partial charge in [0, 0.05) is 25.3 Å². The van der Waals surface area contributed by atoms with Crippen molar-refractivity contribution in [1.82, 2.24) is 9.80 Å². The third-order valence-electron chi connectivity index (χ3n) is 6.12. The molecule has 3 aliphatic rings. The van der Waals surface area contributed by atoms with E-state index in [0.717, 1.165) is 32.4 Å². The Balaban J connectivity index is 1.76. The minimum Gasteiger partial charge on any atom is -0.496 e. The Morgan fingerprint density at radius 1 is 1.10 bits per heavy atom. The van der Waals surface area contributed by atoms with Crippen LogP contribution in [-0.2, 0) is 14.3 Å². The summed E-state index contributed by atoms with van der Waals surface area (Å²) < 4.78 is 11.2. The molecule has 2 fully saturated rings. The van der Waals surface area contributed by atoms with Crippen LogP contribution in [0.1, 0.15) is 38.7 Å². The number of carbonyl (C=O) groups is 2. The highest BCUT2D eigenvalue weighted by atomic mass is 16.5. The summed E-state index contributed by atoms with van der Waals surface area (Å²) >= 11 is 0. The van der Waals surface area contributed by atoms with E-state index < -0.39 is 0 Å². The maximum absolute atomic E-state index is 13.5. The molecule has 0 spiro atoms. The van der Waals surface area contributed by atoms with Gasteiger partial charge in [-0.05, 0) is 37.2 Å². The van der Waals surface area contributed by atoms with Crippen LogP contribution in [0.25, 0.3) is 5.57 Å². The Morgan fingerprint density at radius 2 is 1.83 bits per heavy atom. The van der Waals surface area contributed by atoms with Gasteiger partial charge >= 0.3 is 0 Å². The van der Waals surface area contributed by atoms with Gasteiger partial charge in [0.2, 0.25) is 0 Å². The molecule has 0 bridgehead atoms. The fraction of sp³-hybridized carbons (Fsp3) is 0.565. The summed E-state index contributed by atoms with van der Waals surface area (Å²) in [6, 6.07) is 7.46. The number of hydrogen-bond acceptors (Lipinski definition) is 5. The van der Waals surface area contributed by atoms with E-state index in [-0.39, 0.29) is 17.9 Å². The van der Waals surface area contributed by atoms with Crippen LogP contribution >= 0.6 is 0 Å². The van der Waals surface area contributed by atoms with Gasteiger partial charge in [-0.2, -0.15) is 0 Å². The molecule has 3 atom stereocenters. The molecule has 1 aromatic rings. The van der Waals surface area contributed by atoms with Crippen molar-refractivity contribution in [3.63, 3.8) is 0 Å². The lowest BCUT2D eigenvalue weighted by Gasteiger charge is -2.37. The molecule has 2 saturated heterocycles. The first-order valence-corrected chi connectivity index (χ1v) is 10.6. The third kappa shape index (κ3) is 3.78. The predicted molar refractivity (Wildman–Crippen MR) is 110 cm³/mol.